The van der Waals surface area contributed by atoms with Gasteiger partial charge >= 0.3 is 6.98 Å². The SMILES string of the molecule is CCCCCCCC[C@H]1O[C@@H]1[B-](F)(F)F. The lowest BCUT2D eigenvalue weighted by Crippen LogP contribution is -2.26. The maximum atomic E-state index is 12.1. The third-order valence-electron chi connectivity index (χ3n) is 2.84. The van der Waals surface area contributed by atoms with Gasteiger partial charge in [-0.2, -0.15) is 0 Å². The molecule has 0 amide bonds. The first-order valence-electron chi connectivity index (χ1n) is 5.91. The largest absolute Gasteiger partial charge is 0.509 e. The molecular formula is C10H19BF3O-. The van der Waals surface area contributed by atoms with Crippen LogP contribution in [0, 0.1) is 0 Å². The lowest BCUT2D eigenvalue weighted by molar-refractivity contribution is 0.347. The van der Waals surface area contributed by atoms with Crippen LogP contribution in [0.2, 0.25) is 0 Å². The van der Waals surface area contributed by atoms with E-state index in [1.807, 2.05) is 0 Å². The molecule has 1 aliphatic heterocycles. The Morgan fingerprint density at radius 2 is 1.60 bits per heavy atom. The summed E-state index contributed by atoms with van der Waals surface area (Å²) in [4.78, 5) is 0. The summed E-state index contributed by atoms with van der Waals surface area (Å²) in [6.45, 7) is -2.60. The maximum Gasteiger partial charge on any atom is 0.509 e. The van der Waals surface area contributed by atoms with Crippen LogP contribution in [0.25, 0.3) is 0 Å². The quantitative estimate of drug-likeness (QED) is 0.345. The summed E-state index contributed by atoms with van der Waals surface area (Å²) in [6, 6.07) is -1.40. The average Bonchev–Trinajstić information content (AvgIpc) is 2.89. The zero-order valence-electron chi connectivity index (χ0n) is 9.22. The fourth-order valence-corrected chi connectivity index (χ4v) is 1.85. The zero-order valence-corrected chi connectivity index (χ0v) is 9.22. The smallest absolute Gasteiger partial charge is 0.447 e. The van der Waals surface area contributed by atoms with E-state index in [1.54, 1.807) is 0 Å². The standard InChI is InChI=1S/C10H19BF3O/c1-2-3-4-5-6-7-8-9-10(15-9)11(12,13)14/h9-10H,2-8H2,1H3/q-1/t9-,10+/m1/s1. The summed E-state index contributed by atoms with van der Waals surface area (Å²) >= 11 is 0. The van der Waals surface area contributed by atoms with Crippen molar-refractivity contribution < 1.29 is 17.7 Å². The number of hydrogen-bond donors (Lipinski definition) is 0. The molecule has 5 heteroatoms. The van der Waals surface area contributed by atoms with Crippen LogP contribution < -0.4 is 0 Å². The van der Waals surface area contributed by atoms with Gasteiger partial charge in [0.05, 0.1) is 12.1 Å². The van der Waals surface area contributed by atoms with E-state index in [2.05, 4.69) is 11.7 Å². The second kappa shape index (κ2) is 5.78. The van der Waals surface area contributed by atoms with E-state index in [0.717, 1.165) is 19.3 Å². The van der Waals surface area contributed by atoms with Crippen LogP contribution in [0.1, 0.15) is 51.9 Å². The van der Waals surface area contributed by atoms with Gasteiger partial charge in [-0.15, -0.1) is 0 Å². The van der Waals surface area contributed by atoms with E-state index in [9.17, 15) is 12.9 Å². The second-order valence-corrected chi connectivity index (χ2v) is 4.32. The Hall–Kier alpha value is -0.185. The molecule has 0 saturated carbocycles. The van der Waals surface area contributed by atoms with E-state index in [1.165, 1.54) is 19.3 Å². The molecule has 0 radical (unpaired) electrons. The lowest BCUT2D eigenvalue weighted by Gasteiger charge is -2.08. The fourth-order valence-electron chi connectivity index (χ4n) is 1.85. The first-order valence-corrected chi connectivity index (χ1v) is 5.91. The van der Waals surface area contributed by atoms with Crippen LogP contribution in [-0.2, 0) is 4.74 Å². The first kappa shape index (κ1) is 12.9. The summed E-state index contributed by atoms with van der Waals surface area (Å²) in [7, 11) is 0. The molecule has 2 atom stereocenters. The Balaban J connectivity index is 1.91. The van der Waals surface area contributed by atoms with Crippen LogP contribution >= 0.6 is 0 Å². The Labute approximate surface area is 89.4 Å². The predicted octanol–water partition coefficient (Wildman–Crippen LogP) is 3.89. The van der Waals surface area contributed by atoms with Crippen LogP contribution in [0.5, 0.6) is 0 Å². The zero-order chi connectivity index (χ0) is 11.3. The van der Waals surface area contributed by atoms with Gasteiger partial charge in [0.25, 0.3) is 0 Å². The monoisotopic (exact) mass is 223 g/mol. The third-order valence-corrected chi connectivity index (χ3v) is 2.84. The Morgan fingerprint density at radius 3 is 2.13 bits per heavy atom. The molecule has 0 aliphatic carbocycles. The molecule has 1 fully saturated rings. The predicted molar refractivity (Wildman–Crippen MR) is 55.7 cm³/mol. The van der Waals surface area contributed by atoms with Crippen LogP contribution in [0.3, 0.4) is 0 Å². The maximum absolute atomic E-state index is 12.1. The van der Waals surface area contributed by atoms with E-state index in [4.69, 9.17) is 0 Å². The highest BCUT2D eigenvalue weighted by Gasteiger charge is 2.52. The van der Waals surface area contributed by atoms with Crippen molar-refractivity contribution >= 4 is 6.98 Å². The second-order valence-electron chi connectivity index (χ2n) is 4.32. The number of epoxide rings is 1. The molecule has 1 nitrogen and oxygen atoms in total. The Bertz CT molecular complexity index is 184. The molecule has 1 rings (SSSR count). The highest BCUT2D eigenvalue weighted by molar-refractivity contribution is 6.61. The summed E-state index contributed by atoms with van der Waals surface area (Å²) in [5.41, 5.74) is 0. The molecule has 0 unspecified atom stereocenters. The number of rotatable bonds is 8. The summed E-state index contributed by atoms with van der Waals surface area (Å²) in [6.07, 6.45) is 6.75. The van der Waals surface area contributed by atoms with Gasteiger partial charge in [-0.3, -0.25) is 0 Å². The molecule has 1 saturated heterocycles. The molecule has 0 bridgehead atoms. The number of hydrogen-bond acceptors (Lipinski definition) is 1. The topological polar surface area (TPSA) is 12.5 Å². The van der Waals surface area contributed by atoms with Gasteiger partial charge in [-0.1, -0.05) is 45.4 Å². The van der Waals surface area contributed by atoms with Crippen molar-refractivity contribution in [3.8, 4) is 0 Å². The molecule has 90 valence electrons. The molecule has 0 aromatic rings. The highest BCUT2D eigenvalue weighted by Crippen LogP contribution is 2.36. The van der Waals surface area contributed by atoms with Crippen molar-refractivity contribution in [1.82, 2.24) is 0 Å². The summed E-state index contributed by atoms with van der Waals surface area (Å²) in [5.74, 6) is 0. The minimum Gasteiger partial charge on any atom is -0.447 e. The molecule has 0 aromatic heterocycles. The van der Waals surface area contributed by atoms with Gasteiger partial charge in [-0.25, -0.2) is 0 Å². The van der Waals surface area contributed by atoms with E-state index < -0.39 is 19.1 Å². The summed E-state index contributed by atoms with van der Waals surface area (Å²) in [5, 5.41) is 0. The molecule has 0 spiro atoms. The fraction of sp³-hybridized carbons (Fsp3) is 1.00. The van der Waals surface area contributed by atoms with Crippen molar-refractivity contribution in [3.63, 3.8) is 0 Å². The van der Waals surface area contributed by atoms with Crippen molar-refractivity contribution in [2.75, 3.05) is 0 Å². The average molecular weight is 223 g/mol. The minimum atomic E-state index is -4.75. The first-order chi connectivity index (χ1) is 7.05. The van der Waals surface area contributed by atoms with E-state index in [-0.39, 0.29) is 0 Å². The molecule has 1 aliphatic rings. The van der Waals surface area contributed by atoms with Crippen LogP contribution in [0.4, 0.5) is 12.9 Å². The molecular weight excluding hydrogens is 204 g/mol. The van der Waals surface area contributed by atoms with Gasteiger partial charge in [-0.05, 0) is 6.42 Å². The Kier molecular flexibility index (Phi) is 4.96. The van der Waals surface area contributed by atoms with Gasteiger partial charge in [0.15, 0.2) is 0 Å². The Morgan fingerprint density at radius 1 is 1.00 bits per heavy atom. The van der Waals surface area contributed by atoms with Crippen LogP contribution in [-0.4, -0.2) is 19.1 Å². The molecule has 0 N–H and O–H groups in total. The van der Waals surface area contributed by atoms with Crippen LogP contribution in [0.15, 0.2) is 0 Å². The highest BCUT2D eigenvalue weighted by atomic mass is 19.4. The van der Waals surface area contributed by atoms with Crippen molar-refractivity contribution in [2.45, 2.75) is 64.0 Å². The van der Waals surface area contributed by atoms with Gasteiger partial charge in [0.1, 0.15) is 0 Å². The van der Waals surface area contributed by atoms with Gasteiger partial charge < -0.3 is 17.7 Å². The van der Waals surface area contributed by atoms with Crippen molar-refractivity contribution in [3.05, 3.63) is 0 Å². The van der Waals surface area contributed by atoms with E-state index >= 15 is 0 Å². The number of unbranched alkanes of at least 4 members (excludes halogenated alkanes) is 5. The van der Waals surface area contributed by atoms with Crippen molar-refractivity contribution in [2.24, 2.45) is 0 Å². The van der Waals surface area contributed by atoms with Crippen molar-refractivity contribution in [1.29, 1.82) is 0 Å². The molecule has 1 heterocycles. The minimum absolute atomic E-state index is 0.517. The molecule has 0 aromatic carbocycles. The lowest BCUT2D eigenvalue weighted by atomic mass is 9.82. The molecule has 15 heavy (non-hydrogen) atoms. The normalized spacial score (nSPS) is 25.6. The third kappa shape index (κ3) is 4.91. The number of ether oxygens (including phenoxy) is 1. The number of halogens is 3. The van der Waals surface area contributed by atoms with E-state index in [0.29, 0.717) is 6.42 Å². The van der Waals surface area contributed by atoms with Gasteiger partial charge in [0.2, 0.25) is 0 Å². The summed E-state index contributed by atoms with van der Waals surface area (Å²) < 4.78 is 40.9. The van der Waals surface area contributed by atoms with Gasteiger partial charge in [0, 0.05) is 0 Å².